The number of fused-ring (bicyclic) bond motifs is 1. The number of rotatable bonds is 3. The molecule has 6 heteroatoms. The molecule has 0 atom stereocenters. The minimum absolute atomic E-state index is 0.135. The third-order valence-electron chi connectivity index (χ3n) is 4.90. The largest absolute Gasteiger partial charge is 0.339 e. The SMILES string of the molecule is Cc1sc2ncnc(Sc3ccccc3C(=O)N3CCCCC3)c2c1C. The summed E-state index contributed by atoms with van der Waals surface area (Å²) < 4.78 is 0. The van der Waals surface area contributed by atoms with E-state index in [1.54, 1.807) is 29.4 Å². The predicted molar refractivity (Wildman–Crippen MR) is 107 cm³/mol. The number of thiophene rings is 1. The second kappa shape index (κ2) is 7.37. The first-order valence-electron chi connectivity index (χ1n) is 8.92. The molecule has 1 aromatic carbocycles. The molecular weight excluding hydrogens is 362 g/mol. The molecule has 0 N–H and O–H groups in total. The molecule has 134 valence electrons. The van der Waals surface area contributed by atoms with Crippen molar-refractivity contribution in [1.82, 2.24) is 14.9 Å². The van der Waals surface area contributed by atoms with Crippen LogP contribution in [0.5, 0.6) is 0 Å². The molecule has 0 bridgehead atoms. The average molecular weight is 384 g/mol. The number of likely N-dealkylation sites (tertiary alicyclic amines) is 1. The van der Waals surface area contributed by atoms with Gasteiger partial charge in [0.2, 0.25) is 0 Å². The maximum atomic E-state index is 13.0. The number of nitrogens with zero attached hydrogens (tertiary/aromatic N) is 3. The number of aromatic nitrogens is 2. The van der Waals surface area contributed by atoms with Crippen LogP contribution < -0.4 is 0 Å². The molecule has 4 nitrogen and oxygen atoms in total. The Morgan fingerprint density at radius 2 is 1.88 bits per heavy atom. The number of amides is 1. The van der Waals surface area contributed by atoms with Gasteiger partial charge in [-0.15, -0.1) is 11.3 Å². The molecule has 0 saturated carbocycles. The van der Waals surface area contributed by atoms with Crippen LogP contribution in [-0.2, 0) is 0 Å². The number of carbonyl (C=O) groups is 1. The Hall–Kier alpha value is -1.92. The number of carbonyl (C=O) groups excluding carboxylic acids is 1. The lowest BCUT2D eigenvalue weighted by Crippen LogP contribution is -2.35. The molecule has 1 saturated heterocycles. The summed E-state index contributed by atoms with van der Waals surface area (Å²) in [6.07, 6.45) is 5.03. The summed E-state index contributed by atoms with van der Waals surface area (Å²) in [5.41, 5.74) is 2.00. The third kappa shape index (κ3) is 3.23. The topological polar surface area (TPSA) is 46.1 Å². The van der Waals surface area contributed by atoms with Gasteiger partial charge in [-0.2, -0.15) is 0 Å². The maximum absolute atomic E-state index is 13.0. The molecule has 2 aromatic heterocycles. The van der Waals surface area contributed by atoms with Gasteiger partial charge in [0.05, 0.1) is 5.56 Å². The normalized spacial score (nSPS) is 14.8. The second-order valence-electron chi connectivity index (χ2n) is 6.59. The minimum Gasteiger partial charge on any atom is -0.339 e. The zero-order valence-electron chi connectivity index (χ0n) is 15.0. The van der Waals surface area contributed by atoms with Crippen LogP contribution in [0.4, 0.5) is 0 Å². The molecule has 3 aromatic rings. The molecule has 0 radical (unpaired) electrons. The first-order chi connectivity index (χ1) is 12.6. The zero-order chi connectivity index (χ0) is 18.1. The first-order valence-corrected chi connectivity index (χ1v) is 10.6. The van der Waals surface area contributed by atoms with Gasteiger partial charge in [-0.25, -0.2) is 9.97 Å². The molecule has 1 fully saturated rings. The van der Waals surface area contributed by atoms with E-state index in [1.165, 1.54) is 16.9 Å². The molecule has 1 aliphatic rings. The van der Waals surface area contributed by atoms with E-state index >= 15 is 0 Å². The van der Waals surface area contributed by atoms with Crippen LogP contribution in [0.3, 0.4) is 0 Å². The first kappa shape index (κ1) is 17.5. The van der Waals surface area contributed by atoms with Crippen LogP contribution in [0.1, 0.15) is 40.1 Å². The third-order valence-corrected chi connectivity index (χ3v) is 7.09. The summed E-state index contributed by atoms with van der Waals surface area (Å²) in [5, 5.41) is 2.04. The van der Waals surface area contributed by atoms with E-state index in [9.17, 15) is 4.79 Å². The average Bonchev–Trinajstić information content (AvgIpc) is 2.97. The van der Waals surface area contributed by atoms with Gasteiger partial charge in [-0.1, -0.05) is 23.9 Å². The van der Waals surface area contributed by atoms with E-state index in [0.29, 0.717) is 0 Å². The highest BCUT2D eigenvalue weighted by Crippen LogP contribution is 2.38. The van der Waals surface area contributed by atoms with Crippen LogP contribution in [0.15, 0.2) is 40.5 Å². The van der Waals surface area contributed by atoms with Crippen molar-refractivity contribution in [3.8, 4) is 0 Å². The highest BCUT2D eigenvalue weighted by atomic mass is 32.2. The summed E-state index contributed by atoms with van der Waals surface area (Å²) >= 11 is 3.27. The molecule has 0 unspecified atom stereocenters. The lowest BCUT2D eigenvalue weighted by Gasteiger charge is -2.27. The molecule has 3 heterocycles. The maximum Gasteiger partial charge on any atom is 0.255 e. The van der Waals surface area contributed by atoms with Gasteiger partial charge >= 0.3 is 0 Å². The van der Waals surface area contributed by atoms with Crippen LogP contribution in [0.25, 0.3) is 10.2 Å². The van der Waals surface area contributed by atoms with Crippen LogP contribution in [-0.4, -0.2) is 33.9 Å². The quantitative estimate of drug-likeness (QED) is 0.591. The van der Waals surface area contributed by atoms with Crippen LogP contribution in [0.2, 0.25) is 0 Å². The van der Waals surface area contributed by atoms with Crippen molar-refractivity contribution < 1.29 is 4.79 Å². The Morgan fingerprint density at radius 1 is 1.12 bits per heavy atom. The number of aryl methyl sites for hydroxylation is 2. The number of hydrogen-bond donors (Lipinski definition) is 0. The monoisotopic (exact) mass is 383 g/mol. The Balaban J connectivity index is 1.71. The van der Waals surface area contributed by atoms with Gasteiger partial charge in [0.1, 0.15) is 16.2 Å². The van der Waals surface area contributed by atoms with Gasteiger partial charge in [-0.05, 0) is 50.8 Å². The minimum atomic E-state index is 0.135. The lowest BCUT2D eigenvalue weighted by molar-refractivity contribution is 0.0721. The molecule has 4 rings (SSSR count). The standard InChI is InChI=1S/C20H21N3OS2/c1-13-14(2)25-18-17(13)19(22-12-21-18)26-16-9-5-4-8-15(16)20(24)23-10-6-3-7-11-23/h4-5,8-9,12H,3,6-7,10-11H2,1-2H3. The highest BCUT2D eigenvalue weighted by molar-refractivity contribution is 7.99. The highest BCUT2D eigenvalue weighted by Gasteiger charge is 2.22. The Labute approximate surface area is 161 Å². The van der Waals surface area contributed by atoms with Crippen molar-refractivity contribution in [3.63, 3.8) is 0 Å². The van der Waals surface area contributed by atoms with E-state index in [-0.39, 0.29) is 5.91 Å². The van der Waals surface area contributed by atoms with Crippen molar-refractivity contribution in [2.75, 3.05) is 13.1 Å². The van der Waals surface area contributed by atoms with Crippen molar-refractivity contribution in [2.45, 2.75) is 43.0 Å². The number of piperidine rings is 1. The van der Waals surface area contributed by atoms with E-state index in [0.717, 1.165) is 51.6 Å². The van der Waals surface area contributed by atoms with Gasteiger partial charge in [0.15, 0.2) is 0 Å². The summed E-state index contributed by atoms with van der Waals surface area (Å²) in [6.45, 7) is 5.95. The van der Waals surface area contributed by atoms with Crippen molar-refractivity contribution in [3.05, 3.63) is 46.6 Å². The summed E-state index contributed by atoms with van der Waals surface area (Å²) in [4.78, 5) is 27.2. The van der Waals surface area contributed by atoms with E-state index in [2.05, 4.69) is 23.8 Å². The number of benzene rings is 1. The summed E-state index contributed by atoms with van der Waals surface area (Å²) in [6, 6.07) is 7.88. The molecule has 1 amide bonds. The summed E-state index contributed by atoms with van der Waals surface area (Å²) in [7, 11) is 0. The Bertz CT molecular complexity index is 961. The van der Waals surface area contributed by atoms with Crippen molar-refractivity contribution >= 4 is 39.2 Å². The van der Waals surface area contributed by atoms with Gasteiger partial charge in [0, 0.05) is 28.2 Å². The summed E-state index contributed by atoms with van der Waals surface area (Å²) in [5.74, 6) is 0.135. The zero-order valence-corrected chi connectivity index (χ0v) is 16.6. The fourth-order valence-electron chi connectivity index (χ4n) is 3.33. The molecule has 26 heavy (non-hydrogen) atoms. The fourth-order valence-corrected chi connectivity index (χ4v) is 5.46. The smallest absolute Gasteiger partial charge is 0.255 e. The van der Waals surface area contributed by atoms with Gasteiger partial charge in [0.25, 0.3) is 5.91 Å². The molecule has 0 aliphatic carbocycles. The van der Waals surface area contributed by atoms with E-state index in [1.807, 2.05) is 29.2 Å². The van der Waals surface area contributed by atoms with E-state index in [4.69, 9.17) is 0 Å². The fraction of sp³-hybridized carbons (Fsp3) is 0.350. The Kier molecular flexibility index (Phi) is 4.96. The van der Waals surface area contributed by atoms with E-state index < -0.39 is 0 Å². The molecule has 0 spiro atoms. The van der Waals surface area contributed by atoms with Crippen molar-refractivity contribution in [2.24, 2.45) is 0 Å². The molecule has 1 aliphatic heterocycles. The van der Waals surface area contributed by atoms with Crippen molar-refractivity contribution in [1.29, 1.82) is 0 Å². The van der Waals surface area contributed by atoms with Crippen LogP contribution >= 0.6 is 23.1 Å². The Morgan fingerprint density at radius 3 is 2.69 bits per heavy atom. The second-order valence-corrected chi connectivity index (χ2v) is 8.83. The molecular formula is C20H21N3OS2. The number of hydrogen-bond acceptors (Lipinski definition) is 5. The predicted octanol–water partition coefficient (Wildman–Crippen LogP) is 5.09. The van der Waals surface area contributed by atoms with Gasteiger partial charge in [-0.3, -0.25) is 4.79 Å². The van der Waals surface area contributed by atoms with Crippen LogP contribution in [0, 0.1) is 13.8 Å². The lowest BCUT2D eigenvalue weighted by atomic mass is 10.1. The van der Waals surface area contributed by atoms with Gasteiger partial charge < -0.3 is 4.90 Å².